The van der Waals surface area contributed by atoms with Crippen LogP contribution in [0, 0.1) is 13.8 Å². The Bertz CT molecular complexity index is 498. The lowest BCUT2D eigenvalue weighted by Crippen LogP contribution is -1.83. The third-order valence-electron chi connectivity index (χ3n) is 2.40. The van der Waals surface area contributed by atoms with Crippen LogP contribution in [0.4, 0.5) is 5.82 Å². The molecule has 2 heteroatoms. The topological polar surface area (TPSA) is 25.2 Å². The van der Waals surface area contributed by atoms with Crippen molar-refractivity contribution in [2.45, 2.75) is 13.8 Å². The van der Waals surface area contributed by atoms with Gasteiger partial charge in [-0.15, -0.1) is 0 Å². The van der Waals surface area contributed by atoms with Crippen molar-refractivity contribution in [3.05, 3.63) is 59.3 Å². The van der Waals surface area contributed by atoms with Gasteiger partial charge in [0.05, 0.1) is 0 Å². The van der Waals surface area contributed by atoms with E-state index in [2.05, 4.69) is 41.2 Å². The van der Waals surface area contributed by atoms with Gasteiger partial charge in [0.2, 0.25) is 0 Å². The Morgan fingerprint density at radius 2 is 1.81 bits per heavy atom. The van der Waals surface area contributed by atoms with Crippen molar-refractivity contribution in [3.63, 3.8) is 0 Å². The van der Waals surface area contributed by atoms with E-state index in [-0.39, 0.29) is 0 Å². The van der Waals surface area contributed by atoms with Gasteiger partial charge in [-0.25, -0.2) is 9.98 Å². The zero-order chi connectivity index (χ0) is 11.4. The van der Waals surface area contributed by atoms with E-state index in [0.29, 0.717) is 0 Å². The minimum Gasteiger partial charge on any atom is -0.237 e. The van der Waals surface area contributed by atoms with Crippen molar-refractivity contribution < 1.29 is 0 Å². The van der Waals surface area contributed by atoms with E-state index in [4.69, 9.17) is 0 Å². The minimum atomic E-state index is 0.781. The summed E-state index contributed by atoms with van der Waals surface area (Å²) in [4.78, 5) is 8.58. The van der Waals surface area contributed by atoms with Crippen LogP contribution < -0.4 is 0 Å². The standard InChI is InChI=1S/C14H14N2/c1-11-5-7-13(8-6-11)10-16-14-12(2)4-3-9-15-14/h3-10H,1-2H3/b16-10+. The number of pyridine rings is 1. The van der Waals surface area contributed by atoms with Crippen LogP contribution in [0.2, 0.25) is 0 Å². The number of rotatable bonds is 2. The first-order valence-corrected chi connectivity index (χ1v) is 5.28. The van der Waals surface area contributed by atoms with Gasteiger partial charge in [0.15, 0.2) is 5.82 Å². The number of aryl methyl sites for hydroxylation is 2. The van der Waals surface area contributed by atoms with Crippen molar-refractivity contribution >= 4 is 12.0 Å². The fourth-order valence-electron chi connectivity index (χ4n) is 1.40. The summed E-state index contributed by atoms with van der Waals surface area (Å²) in [6, 6.07) is 12.2. The molecule has 0 spiro atoms. The number of aliphatic imine (C=N–C) groups is 1. The zero-order valence-electron chi connectivity index (χ0n) is 9.51. The van der Waals surface area contributed by atoms with Crippen LogP contribution in [0.3, 0.4) is 0 Å². The number of nitrogens with zero attached hydrogens (tertiary/aromatic N) is 2. The summed E-state index contributed by atoms with van der Waals surface area (Å²) in [5.41, 5.74) is 3.44. The van der Waals surface area contributed by atoms with Gasteiger partial charge in [-0.1, -0.05) is 35.9 Å². The van der Waals surface area contributed by atoms with E-state index < -0.39 is 0 Å². The van der Waals surface area contributed by atoms with E-state index in [9.17, 15) is 0 Å². The summed E-state index contributed by atoms with van der Waals surface area (Å²) in [7, 11) is 0. The Labute approximate surface area is 95.7 Å². The number of hydrogen-bond donors (Lipinski definition) is 0. The number of hydrogen-bond acceptors (Lipinski definition) is 2. The molecule has 0 radical (unpaired) electrons. The van der Waals surface area contributed by atoms with Gasteiger partial charge in [-0.05, 0) is 31.0 Å². The first-order valence-electron chi connectivity index (χ1n) is 5.28. The molecular formula is C14H14N2. The summed E-state index contributed by atoms with van der Waals surface area (Å²) >= 11 is 0. The predicted molar refractivity (Wildman–Crippen MR) is 67.4 cm³/mol. The second kappa shape index (κ2) is 4.71. The Kier molecular flexibility index (Phi) is 3.10. The molecule has 0 aliphatic heterocycles. The monoisotopic (exact) mass is 210 g/mol. The van der Waals surface area contributed by atoms with Crippen LogP contribution in [0.1, 0.15) is 16.7 Å². The minimum absolute atomic E-state index is 0.781. The Balaban J connectivity index is 2.21. The molecular weight excluding hydrogens is 196 g/mol. The van der Waals surface area contributed by atoms with E-state index in [0.717, 1.165) is 16.9 Å². The molecule has 80 valence electrons. The summed E-state index contributed by atoms with van der Waals surface area (Å²) < 4.78 is 0. The van der Waals surface area contributed by atoms with Crippen molar-refractivity contribution in [2.75, 3.05) is 0 Å². The van der Waals surface area contributed by atoms with E-state index >= 15 is 0 Å². The quantitative estimate of drug-likeness (QED) is 0.697. The summed E-state index contributed by atoms with van der Waals surface area (Å²) in [6.45, 7) is 4.08. The second-order valence-electron chi connectivity index (χ2n) is 3.81. The lowest BCUT2D eigenvalue weighted by molar-refractivity contribution is 1.23. The van der Waals surface area contributed by atoms with Gasteiger partial charge in [0.1, 0.15) is 0 Å². The maximum absolute atomic E-state index is 4.37. The molecule has 0 amide bonds. The fraction of sp³-hybridized carbons (Fsp3) is 0.143. The average Bonchev–Trinajstić information content (AvgIpc) is 2.30. The molecule has 16 heavy (non-hydrogen) atoms. The molecule has 2 rings (SSSR count). The lowest BCUT2D eigenvalue weighted by Gasteiger charge is -1.97. The highest BCUT2D eigenvalue weighted by atomic mass is 14.9. The van der Waals surface area contributed by atoms with E-state index in [1.54, 1.807) is 6.20 Å². The third-order valence-corrected chi connectivity index (χ3v) is 2.40. The summed E-state index contributed by atoms with van der Waals surface area (Å²) in [6.07, 6.45) is 3.60. The van der Waals surface area contributed by atoms with Gasteiger partial charge in [-0.3, -0.25) is 0 Å². The van der Waals surface area contributed by atoms with Crippen LogP contribution in [0.5, 0.6) is 0 Å². The molecule has 0 saturated carbocycles. The van der Waals surface area contributed by atoms with E-state index in [1.165, 1.54) is 5.56 Å². The molecule has 1 aromatic carbocycles. The SMILES string of the molecule is Cc1ccc(/C=N/c2ncccc2C)cc1. The van der Waals surface area contributed by atoms with Crippen molar-refractivity contribution in [3.8, 4) is 0 Å². The largest absolute Gasteiger partial charge is 0.237 e. The van der Waals surface area contributed by atoms with Gasteiger partial charge in [-0.2, -0.15) is 0 Å². The van der Waals surface area contributed by atoms with Gasteiger partial charge in [0.25, 0.3) is 0 Å². The first kappa shape index (κ1) is 10.6. The highest BCUT2D eigenvalue weighted by molar-refractivity contribution is 5.81. The molecule has 0 saturated heterocycles. The molecule has 0 aliphatic rings. The fourth-order valence-corrected chi connectivity index (χ4v) is 1.40. The van der Waals surface area contributed by atoms with Crippen LogP contribution in [0.15, 0.2) is 47.6 Å². The molecule has 1 aromatic heterocycles. The first-order chi connectivity index (χ1) is 7.75. The Morgan fingerprint density at radius 3 is 2.50 bits per heavy atom. The van der Waals surface area contributed by atoms with Gasteiger partial charge < -0.3 is 0 Å². The Hall–Kier alpha value is -1.96. The predicted octanol–water partition coefficient (Wildman–Crippen LogP) is 3.45. The summed E-state index contributed by atoms with van der Waals surface area (Å²) in [5.74, 6) is 0.781. The average molecular weight is 210 g/mol. The highest BCUT2D eigenvalue weighted by Crippen LogP contribution is 2.13. The maximum Gasteiger partial charge on any atom is 0.154 e. The molecule has 0 unspecified atom stereocenters. The molecule has 1 heterocycles. The molecule has 0 atom stereocenters. The van der Waals surface area contributed by atoms with Crippen LogP contribution in [0.25, 0.3) is 0 Å². The zero-order valence-corrected chi connectivity index (χ0v) is 9.51. The van der Waals surface area contributed by atoms with E-state index in [1.807, 2.05) is 25.3 Å². The molecule has 0 aliphatic carbocycles. The second-order valence-corrected chi connectivity index (χ2v) is 3.81. The van der Waals surface area contributed by atoms with Crippen molar-refractivity contribution in [1.82, 2.24) is 4.98 Å². The summed E-state index contributed by atoms with van der Waals surface area (Å²) in [5, 5.41) is 0. The molecule has 0 N–H and O–H groups in total. The van der Waals surface area contributed by atoms with Crippen LogP contribution in [-0.4, -0.2) is 11.2 Å². The normalized spacial score (nSPS) is 10.9. The molecule has 0 bridgehead atoms. The van der Waals surface area contributed by atoms with Crippen LogP contribution in [-0.2, 0) is 0 Å². The van der Waals surface area contributed by atoms with Crippen LogP contribution >= 0.6 is 0 Å². The maximum atomic E-state index is 4.37. The number of benzene rings is 1. The van der Waals surface area contributed by atoms with Crippen molar-refractivity contribution in [1.29, 1.82) is 0 Å². The molecule has 2 aromatic rings. The lowest BCUT2D eigenvalue weighted by atomic mass is 10.2. The van der Waals surface area contributed by atoms with Gasteiger partial charge in [0, 0.05) is 12.4 Å². The molecule has 0 fully saturated rings. The van der Waals surface area contributed by atoms with Gasteiger partial charge >= 0.3 is 0 Å². The number of aromatic nitrogens is 1. The van der Waals surface area contributed by atoms with Crippen molar-refractivity contribution in [2.24, 2.45) is 4.99 Å². The Morgan fingerprint density at radius 1 is 1.06 bits per heavy atom. The molecule has 2 nitrogen and oxygen atoms in total. The third kappa shape index (κ3) is 2.54. The highest BCUT2D eigenvalue weighted by Gasteiger charge is 1.94. The smallest absolute Gasteiger partial charge is 0.154 e.